The first kappa shape index (κ1) is 10.6. The van der Waals surface area contributed by atoms with Crippen molar-refractivity contribution in [1.29, 1.82) is 0 Å². The molecule has 1 aromatic heterocycles. The van der Waals surface area contributed by atoms with Crippen LogP contribution in [0.4, 0.5) is 0 Å². The molecule has 0 radical (unpaired) electrons. The maximum atomic E-state index is 4.53. The number of nitrogens with zero attached hydrogens (tertiary/aromatic N) is 3. The van der Waals surface area contributed by atoms with Gasteiger partial charge in [-0.15, -0.1) is 11.8 Å². The quantitative estimate of drug-likeness (QED) is 0.783. The zero-order chi connectivity index (χ0) is 10.7. The van der Waals surface area contributed by atoms with Crippen LogP contribution in [0.15, 0.2) is 29.6 Å². The highest BCUT2D eigenvalue weighted by atomic mass is 32.2. The zero-order valence-electron chi connectivity index (χ0n) is 9.26. The highest BCUT2D eigenvalue weighted by Crippen LogP contribution is 2.21. The van der Waals surface area contributed by atoms with Crippen LogP contribution in [0.3, 0.4) is 0 Å². The van der Waals surface area contributed by atoms with E-state index in [1.807, 2.05) is 23.8 Å². The Bertz CT molecular complexity index is 332. The molecule has 0 aromatic carbocycles. The first-order chi connectivity index (χ1) is 7.24. The van der Waals surface area contributed by atoms with Gasteiger partial charge in [0.1, 0.15) is 0 Å². The smallest absolute Gasteiger partial charge is 0.0954 e. The van der Waals surface area contributed by atoms with E-state index in [2.05, 4.69) is 41.1 Å². The highest BCUT2D eigenvalue weighted by Gasteiger charge is 2.16. The fourth-order valence-corrected chi connectivity index (χ4v) is 2.90. The van der Waals surface area contributed by atoms with Crippen LogP contribution in [0.25, 0.3) is 0 Å². The van der Waals surface area contributed by atoms with Gasteiger partial charge in [-0.05, 0) is 12.1 Å². The van der Waals surface area contributed by atoms with Crippen molar-refractivity contribution in [3.63, 3.8) is 0 Å². The first-order valence-corrected chi connectivity index (χ1v) is 6.18. The molecule has 1 atom stereocenters. The maximum Gasteiger partial charge on any atom is 0.0954 e. The predicted octanol–water partition coefficient (Wildman–Crippen LogP) is 2.26. The molecule has 0 amide bonds. The van der Waals surface area contributed by atoms with Gasteiger partial charge >= 0.3 is 0 Å². The third-order valence-corrected chi connectivity index (χ3v) is 3.50. The van der Waals surface area contributed by atoms with Crippen molar-refractivity contribution in [2.45, 2.75) is 25.1 Å². The van der Waals surface area contributed by atoms with Crippen LogP contribution in [0.1, 0.15) is 13.3 Å². The van der Waals surface area contributed by atoms with Gasteiger partial charge in [-0.2, -0.15) is 5.10 Å². The van der Waals surface area contributed by atoms with Crippen molar-refractivity contribution >= 4 is 16.8 Å². The predicted molar refractivity (Wildman–Crippen MR) is 66.2 cm³/mol. The van der Waals surface area contributed by atoms with Crippen molar-refractivity contribution in [1.82, 2.24) is 9.58 Å². The molecule has 4 heteroatoms. The van der Waals surface area contributed by atoms with Crippen molar-refractivity contribution in [3.05, 3.63) is 24.5 Å². The minimum atomic E-state index is 0.659. The molecule has 2 heterocycles. The van der Waals surface area contributed by atoms with E-state index in [9.17, 15) is 0 Å². The molecule has 0 saturated carbocycles. The number of hydrazone groups is 1. The van der Waals surface area contributed by atoms with E-state index in [0.717, 1.165) is 19.5 Å². The summed E-state index contributed by atoms with van der Waals surface area (Å²) in [6.07, 6.45) is 5.23. The molecule has 0 spiro atoms. The fraction of sp³-hybridized carbons (Fsp3) is 0.545. The van der Waals surface area contributed by atoms with Crippen molar-refractivity contribution in [2.24, 2.45) is 5.10 Å². The highest BCUT2D eigenvalue weighted by molar-refractivity contribution is 8.14. The zero-order valence-corrected chi connectivity index (χ0v) is 10.1. The monoisotopic (exact) mass is 223 g/mol. The minimum Gasteiger partial charge on any atom is -0.354 e. The van der Waals surface area contributed by atoms with Crippen molar-refractivity contribution in [2.75, 3.05) is 13.6 Å². The molecule has 2 rings (SSSR count). The number of hydrogen-bond donors (Lipinski definition) is 0. The Kier molecular flexibility index (Phi) is 3.36. The van der Waals surface area contributed by atoms with Gasteiger partial charge in [0.2, 0.25) is 0 Å². The van der Waals surface area contributed by atoms with E-state index in [4.69, 9.17) is 0 Å². The van der Waals surface area contributed by atoms with Gasteiger partial charge in [0.15, 0.2) is 0 Å². The third-order valence-electron chi connectivity index (χ3n) is 2.39. The molecule has 0 saturated heterocycles. The van der Waals surface area contributed by atoms with Crippen LogP contribution in [0.5, 0.6) is 0 Å². The summed E-state index contributed by atoms with van der Waals surface area (Å²) in [5.41, 5.74) is 0. The average molecular weight is 223 g/mol. The Labute approximate surface area is 95.1 Å². The number of rotatable bonds is 3. The summed E-state index contributed by atoms with van der Waals surface area (Å²) in [5.74, 6) is 0. The van der Waals surface area contributed by atoms with E-state index < -0.39 is 0 Å². The first-order valence-electron chi connectivity index (χ1n) is 5.30. The molecular weight excluding hydrogens is 206 g/mol. The van der Waals surface area contributed by atoms with Gasteiger partial charge in [-0.25, -0.2) is 0 Å². The summed E-state index contributed by atoms with van der Waals surface area (Å²) in [6.45, 7) is 4.34. The molecule has 3 nitrogen and oxygen atoms in total. The number of hydrogen-bond acceptors (Lipinski definition) is 3. The minimum absolute atomic E-state index is 0.659. The van der Waals surface area contributed by atoms with Gasteiger partial charge in [0, 0.05) is 44.2 Å². The lowest BCUT2D eigenvalue weighted by atomic mass is 10.4. The largest absolute Gasteiger partial charge is 0.354 e. The molecule has 82 valence electrons. The van der Waals surface area contributed by atoms with E-state index >= 15 is 0 Å². The molecular formula is C11H17N3S. The van der Waals surface area contributed by atoms with Crippen LogP contribution in [-0.4, -0.2) is 33.5 Å². The normalized spacial score (nSPS) is 21.6. The van der Waals surface area contributed by atoms with Crippen LogP contribution < -0.4 is 0 Å². The second-order valence-electron chi connectivity index (χ2n) is 3.93. The van der Waals surface area contributed by atoms with Crippen LogP contribution in [-0.2, 0) is 6.54 Å². The molecule has 15 heavy (non-hydrogen) atoms. The van der Waals surface area contributed by atoms with Crippen LogP contribution in [0.2, 0.25) is 0 Å². The second kappa shape index (κ2) is 4.75. The molecule has 0 fully saturated rings. The van der Waals surface area contributed by atoms with Crippen LogP contribution >= 0.6 is 11.8 Å². The summed E-state index contributed by atoms with van der Waals surface area (Å²) >= 11 is 1.91. The number of aryl methyl sites for hydroxylation is 1. The molecule has 1 aromatic rings. The Morgan fingerprint density at radius 1 is 1.47 bits per heavy atom. The Balaban J connectivity index is 1.89. The second-order valence-corrected chi connectivity index (χ2v) is 5.44. The lowest BCUT2D eigenvalue weighted by Gasteiger charge is -2.25. The topological polar surface area (TPSA) is 20.5 Å². The molecule has 0 bridgehead atoms. The summed E-state index contributed by atoms with van der Waals surface area (Å²) in [5, 5.41) is 8.49. The Hall–Kier alpha value is -0.900. The maximum absolute atomic E-state index is 4.53. The Morgan fingerprint density at radius 3 is 2.87 bits per heavy atom. The van der Waals surface area contributed by atoms with Gasteiger partial charge in [0.25, 0.3) is 0 Å². The molecule has 1 aliphatic rings. The molecule has 1 aliphatic heterocycles. The standard InChI is InChI=1S/C11H17N3S/c1-10-9-13(2)12-11(15-10)5-8-14-6-3-4-7-14/h3-4,6-7,10H,5,8-9H2,1-2H3. The summed E-state index contributed by atoms with van der Waals surface area (Å²) < 4.78 is 2.20. The SMILES string of the molecule is CC1CN(C)N=C(CCn2cccc2)S1. The lowest BCUT2D eigenvalue weighted by Crippen LogP contribution is -2.28. The van der Waals surface area contributed by atoms with E-state index in [0.29, 0.717) is 5.25 Å². The summed E-state index contributed by atoms with van der Waals surface area (Å²) in [4.78, 5) is 0. The summed E-state index contributed by atoms with van der Waals surface area (Å²) in [6, 6.07) is 4.12. The molecule has 0 N–H and O–H groups in total. The fourth-order valence-electron chi connectivity index (χ4n) is 1.75. The van der Waals surface area contributed by atoms with E-state index in [1.165, 1.54) is 5.04 Å². The third kappa shape index (κ3) is 3.02. The van der Waals surface area contributed by atoms with Gasteiger partial charge < -0.3 is 4.57 Å². The van der Waals surface area contributed by atoms with Gasteiger partial charge in [-0.3, -0.25) is 5.01 Å². The van der Waals surface area contributed by atoms with Crippen molar-refractivity contribution < 1.29 is 0 Å². The van der Waals surface area contributed by atoms with Crippen molar-refractivity contribution in [3.8, 4) is 0 Å². The molecule has 1 unspecified atom stereocenters. The lowest BCUT2D eigenvalue weighted by molar-refractivity contribution is 0.355. The van der Waals surface area contributed by atoms with Gasteiger partial charge in [0.05, 0.1) is 5.04 Å². The summed E-state index contributed by atoms with van der Waals surface area (Å²) in [7, 11) is 2.05. The van der Waals surface area contributed by atoms with E-state index in [-0.39, 0.29) is 0 Å². The van der Waals surface area contributed by atoms with Crippen LogP contribution in [0, 0.1) is 0 Å². The van der Waals surface area contributed by atoms with E-state index in [1.54, 1.807) is 0 Å². The van der Waals surface area contributed by atoms with Gasteiger partial charge in [-0.1, -0.05) is 6.92 Å². The Morgan fingerprint density at radius 2 is 2.20 bits per heavy atom. The number of aromatic nitrogens is 1. The number of thioether (sulfide) groups is 1. The average Bonchev–Trinajstić information content (AvgIpc) is 2.65. The molecule has 0 aliphatic carbocycles.